The van der Waals surface area contributed by atoms with E-state index in [4.69, 9.17) is 0 Å². The quantitative estimate of drug-likeness (QED) is 0.581. The van der Waals surface area contributed by atoms with Gasteiger partial charge in [0.25, 0.3) is 0 Å². The van der Waals surface area contributed by atoms with Crippen molar-refractivity contribution in [3.8, 4) is 0 Å². The van der Waals surface area contributed by atoms with E-state index in [9.17, 15) is 8.78 Å². The third kappa shape index (κ3) is 2.76. The van der Waals surface area contributed by atoms with Crippen molar-refractivity contribution in [3.05, 3.63) is 0 Å². The third-order valence-electron chi connectivity index (χ3n) is 2.44. The Labute approximate surface area is 67.0 Å². The first kappa shape index (κ1) is 8.95. The Bertz CT molecular complexity index is 119. The maximum Gasteiger partial charge on any atom is 0.248 e. The van der Waals surface area contributed by atoms with E-state index in [1.807, 2.05) is 0 Å². The molecule has 0 saturated heterocycles. The number of alkyl halides is 2. The summed E-state index contributed by atoms with van der Waals surface area (Å²) in [5.41, 5.74) is 0. The average Bonchev–Trinajstić information content (AvgIpc) is 1.85. The summed E-state index contributed by atoms with van der Waals surface area (Å²) < 4.78 is 25.6. The predicted octanol–water partition coefficient (Wildman–Crippen LogP) is 3.61. The number of halogens is 2. The molecule has 0 heterocycles. The van der Waals surface area contributed by atoms with Crippen molar-refractivity contribution in [2.45, 2.75) is 51.4 Å². The first-order valence-corrected chi connectivity index (χ1v) is 4.52. The molecule has 11 heavy (non-hydrogen) atoms. The second kappa shape index (κ2) is 3.51. The highest BCUT2D eigenvalue weighted by atomic mass is 19.3. The van der Waals surface area contributed by atoms with E-state index in [2.05, 4.69) is 6.92 Å². The highest BCUT2D eigenvalue weighted by Crippen LogP contribution is 2.38. The minimum absolute atomic E-state index is 0.118. The first-order valence-electron chi connectivity index (χ1n) is 4.52. The van der Waals surface area contributed by atoms with Gasteiger partial charge in [-0.25, -0.2) is 8.78 Å². The van der Waals surface area contributed by atoms with Crippen LogP contribution in [0.25, 0.3) is 0 Å². The molecule has 2 heteroatoms. The van der Waals surface area contributed by atoms with Gasteiger partial charge < -0.3 is 0 Å². The van der Waals surface area contributed by atoms with Gasteiger partial charge in [0.1, 0.15) is 0 Å². The Morgan fingerprint density at radius 2 is 2.18 bits per heavy atom. The van der Waals surface area contributed by atoms with Crippen LogP contribution >= 0.6 is 0 Å². The van der Waals surface area contributed by atoms with Gasteiger partial charge in [-0.3, -0.25) is 0 Å². The molecule has 0 bridgehead atoms. The van der Waals surface area contributed by atoms with E-state index in [0.717, 1.165) is 25.7 Å². The molecule has 0 nitrogen and oxygen atoms in total. The third-order valence-corrected chi connectivity index (χ3v) is 2.44. The van der Waals surface area contributed by atoms with Crippen molar-refractivity contribution in [1.29, 1.82) is 0 Å². The molecule has 1 rings (SSSR count). The molecular weight excluding hydrogens is 146 g/mol. The van der Waals surface area contributed by atoms with Gasteiger partial charge in [-0.2, -0.15) is 0 Å². The van der Waals surface area contributed by atoms with Crippen LogP contribution in [0.2, 0.25) is 0 Å². The molecule has 0 aromatic heterocycles. The zero-order valence-electron chi connectivity index (χ0n) is 7.08. The van der Waals surface area contributed by atoms with E-state index in [-0.39, 0.29) is 12.8 Å². The zero-order chi connectivity index (χ0) is 8.32. The Balaban J connectivity index is 2.34. The van der Waals surface area contributed by atoms with Gasteiger partial charge in [-0.1, -0.05) is 26.2 Å². The van der Waals surface area contributed by atoms with Crippen LogP contribution in [-0.4, -0.2) is 5.92 Å². The van der Waals surface area contributed by atoms with Crippen LogP contribution in [0.4, 0.5) is 8.78 Å². The van der Waals surface area contributed by atoms with E-state index < -0.39 is 5.92 Å². The fourth-order valence-corrected chi connectivity index (χ4v) is 1.93. The molecule has 0 aliphatic heterocycles. The van der Waals surface area contributed by atoms with Crippen molar-refractivity contribution in [2.24, 2.45) is 5.92 Å². The zero-order valence-corrected chi connectivity index (χ0v) is 7.08. The largest absolute Gasteiger partial charge is 0.248 e. The molecule has 1 aliphatic rings. The fourth-order valence-electron chi connectivity index (χ4n) is 1.93. The molecule has 1 saturated carbocycles. The maximum absolute atomic E-state index is 12.8. The molecule has 1 atom stereocenters. The minimum atomic E-state index is -2.35. The van der Waals surface area contributed by atoms with Gasteiger partial charge in [-0.05, 0) is 12.3 Å². The molecule has 1 aliphatic carbocycles. The smallest absolute Gasteiger partial charge is 0.207 e. The highest BCUT2D eigenvalue weighted by Gasteiger charge is 2.35. The molecule has 0 spiro atoms. The summed E-state index contributed by atoms with van der Waals surface area (Å²) in [6.07, 6.45) is 4.02. The second-order valence-electron chi connectivity index (χ2n) is 3.61. The summed E-state index contributed by atoms with van der Waals surface area (Å²) in [5.74, 6) is -2.05. The van der Waals surface area contributed by atoms with Crippen LogP contribution in [0.5, 0.6) is 0 Å². The summed E-state index contributed by atoms with van der Waals surface area (Å²) in [4.78, 5) is 0. The summed E-state index contributed by atoms with van der Waals surface area (Å²) in [7, 11) is 0. The van der Waals surface area contributed by atoms with Crippen molar-refractivity contribution in [2.75, 3.05) is 0 Å². The van der Waals surface area contributed by atoms with Crippen molar-refractivity contribution < 1.29 is 8.78 Å². The topological polar surface area (TPSA) is 0 Å². The van der Waals surface area contributed by atoms with E-state index >= 15 is 0 Å². The lowest BCUT2D eigenvalue weighted by Crippen LogP contribution is -2.25. The summed E-state index contributed by atoms with van der Waals surface area (Å²) in [5, 5.41) is 0. The lowest BCUT2D eigenvalue weighted by Gasteiger charge is -2.28. The van der Waals surface area contributed by atoms with Crippen LogP contribution in [-0.2, 0) is 0 Å². The molecule has 0 radical (unpaired) electrons. The molecule has 0 amide bonds. The van der Waals surface area contributed by atoms with Crippen LogP contribution in [0.15, 0.2) is 0 Å². The maximum atomic E-state index is 12.8. The van der Waals surface area contributed by atoms with E-state index in [1.165, 1.54) is 0 Å². The summed E-state index contributed by atoms with van der Waals surface area (Å²) >= 11 is 0. The van der Waals surface area contributed by atoms with Crippen LogP contribution in [0.1, 0.15) is 45.4 Å². The van der Waals surface area contributed by atoms with Gasteiger partial charge in [0, 0.05) is 12.8 Å². The highest BCUT2D eigenvalue weighted by molar-refractivity contribution is 4.77. The normalized spacial score (nSPS) is 30.3. The Morgan fingerprint density at radius 3 is 2.73 bits per heavy atom. The average molecular weight is 162 g/mol. The SMILES string of the molecule is CCC[C@@H]1CCCC(F)(F)C1. The Hall–Kier alpha value is -0.140. The number of hydrogen-bond donors (Lipinski definition) is 0. The molecule has 0 unspecified atom stereocenters. The van der Waals surface area contributed by atoms with Gasteiger partial charge in [0.15, 0.2) is 0 Å². The molecule has 0 N–H and O–H groups in total. The summed E-state index contributed by atoms with van der Waals surface area (Å²) in [6, 6.07) is 0. The van der Waals surface area contributed by atoms with Crippen molar-refractivity contribution in [3.63, 3.8) is 0 Å². The Morgan fingerprint density at radius 1 is 1.45 bits per heavy atom. The van der Waals surface area contributed by atoms with Crippen LogP contribution in [0, 0.1) is 5.92 Å². The molecule has 1 fully saturated rings. The van der Waals surface area contributed by atoms with Gasteiger partial charge >= 0.3 is 0 Å². The standard InChI is InChI=1S/C9H16F2/c1-2-4-8-5-3-6-9(10,11)7-8/h8H,2-7H2,1H3/t8-/m1/s1. The van der Waals surface area contributed by atoms with Gasteiger partial charge in [0.05, 0.1) is 0 Å². The Kier molecular flexibility index (Phi) is 2.85. The predicted molar refractivity (Wildman–Crippen MR) is 41.8 cm³/mol. The van der Waals surface area contributed by atoms with E-state index in [0.29, 0.717) is 5.92 Å². The monoisotopic (exact) mass is 162 g/mol. The van der Waals surface area contributed by atoms with Crippen molar-refractivity contribution in [1.82, 2.24) is 0 Å². The molecule has 0 aromatic carbocycles. The van der Waals surface area contributed by atoms with Gasteiger partial charge in [-0.15, -0.1) is 0 Å². The lowest BCUT2D eigenvalue weighted by atomic mass is 9.84. The minimum Gasteiger partial charge on any atom is -0.207 e. The molecular formula is C9H16F2. The summed E-state index contributed by atoms with van der Waals surface area (Å²) in [6.45, 7) is 2.06. The molecule has 0 aromatic rings. The van der Waals surface area contributed by atoms with E-state index in [1.54, 1.807) is 0 Å². The molecule has 66 valence electrons. The van der Waals surface area contributed by atoms with Gasteiger partial charge in [0.2, 0.25) is 5.92 Å². The van der Waals surface area contributed by atoms with Crippen LogP contribution < -0.4 is 0 Å². The first-order chi connectivity index (χ1) is 5.14. The van der Waals surface area contributed by atoms with Crippen molar-refractivity contribution >= 4 is 0 Å². The lowest BCUT2D eigenvalue weighted by molar-refractivity contribution is -0.0535. The van der Waals surface area contributed by atoms with Crippen LogP contribution in [0.3, 0.4) is 0 Å². The number of rotatable bonds is 2. The number of hydrogen-bond acceptors (Lipinski definition) is 0. The second-order valence-corrected chi connectivity index (χ2v) is 3.61. The fraction of sp³-hybridized carbons (Fsp3) is 1.00.